The molecular weight excluding hydrogens is 334 g/mol. The lowest BCUT2D eigenvalue weighted by Crippen LogP contribution is -2.02. The Hall–Kier alpha value is -3.07. The molecule has 0 bridgehead atoms. The average Bonchev–Trinajstić information content (AvgIpc) is 3.16. The van der Waals surface area contributed by atoms with E-state index >= 15 is 0 Å². The van der Waals surface area contributed by atoms with Crippen LogP contribution in [-0.2, 0) is 6.54 Å². The second-order valence-corrected chi connectivity index (χ2v) is 6.13. The van der Waals surface area contributed by atoms with E-state index in [0.717, 1.165) is 9.95 Å². The van der Waals surface area contributed by atoms with E-state index < -0.39 is 38.3 Å². The van der Waals surface area contributed by atoms with Crippen LogP contribution in [0.25, 0.3) is 21.7 Å². The quantitative estimate of drug-likeness (QED) is 0.430. The lowest BCUT2D eigenvalue weighted by Gasteiger charge is -2.05. The van der Waals surface area contributed by atoms with Gasteiger partial charge in [-0.3, -0.25) is 4.79 Å². The highest BCUT2D eigenvalue weighted by Gasteiger charge is 2.20. The number of phenols is 1. The summed E-state index contributed by atoms with van der Waals surface area (Å²) in [6.07, 6.45) is -8.73. The number of ketones is 1. The van der Waals surface area contributed by atoms with E-state index in [1.54, 1.807) is 30.3 Å². The van der Waals surface area contributed by atoms with Gasteiger partial charge in [0, 0.05) is 41.6 Å². The first-order valence-electron chi connectivity index (χ1n) is 12.9. The van der Waals surface area contributed by atoms with E-state index in [4.69, 9.17) is 12.3 Å². The Morgan fingerprint density at radius 1 is 1.00 bits per heavy atom. The molecule has 0 saturated carbocycles. The first kappa shape index (κ1) is 9.75. The molecule has 1 heterocycles. The SMILES string of the molecule is [2H]C([2H])([2H])C([2H])([2H])C([2H])([2H])C([2H])([2H])Cn1cc(C(=O)c2cccc3ccccc23)c2cccc(O)c21. The fourth-order valence-corrected chi connectivity index (χ4v) is 3.38. The summed E-state index contributed by atoms with van der Waals surface area (Å²) in [6, 6.07) is 16.9. The minimum atomic E-state index is -3.52. The summed E-state index contributed by atoms with van der Waals surface area (Å²) in [6.45, 7) is -4.29. The Morgan fingerprint density at radius 3 is 2.67 bits per heavy atom. The van der Waals surface area contributed by atoms with Crippen molar-refractivity contribution in [2.24, 2.45) is 0 Å². The van der Waals surface area contributed by atoms with Gasteiger partial charge < -0.3 is 9.67 Å². The van der Waals surface area contributed by atoms with Crippen LogP contribution in [0.2, 0.25) is 0 Å². The van der Waals surface area contributed by atoms with Gasteiger partial charge in [0.05, 0.1) is 5.52 Å². The predicted octanol–water partition coefficient (Wildman–Crippen LogP) is 5.92. The molecule has 0 atom stereocenters. The number of phenolic OH excluding ortho intramolecular Hbond substituents is 1. The van der Waals surface area contributed by atoms with Crippen LogP contribution in [0.1, 0.15) is 54.2 Å². The number of nitrogens with zero attached hydrogens (tertiary/aromatic N) is 1. The Balaban J connectivity index is 1.86. The normalized spacial score (nSPS) is 18.3. The summed E-state index contributed by atoms with van der Waals surface area (Å²) in [4.78, 5) is 13.7. The third-order valence-corrected chi connectivity index (χ3v) is 4.56. The maximum atomic E-state index is 13.7. The topological polar surface area (TPSA) is 42.2 Å². The molecule has 3 nitrogen and oxygen atoms in total. The molecule has 0 unspecified atom stereocenters. The van der Waals surface area contributed by atoms with Gasteiger partial charge in [0.25, 0.3) is 0 Å². The van der Waals surface area contributed by atoms with Gasteiger partial charge in [-0.1, -0.05) is 74.2 Å². The maximum Gasteiger partial charge on any atom is 0.195 e. The minimum Gasteiger partial charge on any atom is -0.506 e. The number of aryl methyl sites for hydroxylation is 1. The highest BCUT2D eigenvalue weighted by Crippen LogP contribution is 2.32. The van der Waals surface area contributed by atoms with Crippen molar-refractivity contribution in [3.8, 4) is 5.75 Å². The highest BCUT2D eigenvalue weighted by atomic mass is 16.3. The summed E-state index contributed by atoms with van der Waals surface area (Å²) in [5.41, 5.74) is 0.565. The number of benzene rings is 3. The van der Waals surface area contributed by atoms with Crippen molar-refractivity contribution in [2.75, 3.05) is 0 Å². The van der Waals surface area contributed by atoms with E-state index in [9.17, 15) is 9.90 Å². The van der Waals surface area contributed by atoms with Crippen LogP contribution in [-0.4, -0.2) is 15.5 Å². The zero-order valence-electron chi connectivity index (χ0n) is 23.4. The number of fused-ring (bicyclic) bond motifs is 2. The summed E-state index contributed by atoms with van der Waals surface area (Å²) < 4.78 is 72.0. The van der Waals surface area contributed by atoms with Crippen LogP contribution >= 0.6 is 0 Å². The third-order valence-electron chi connectivity index (χ3n) is 4.56. The molecular formula is C24H23NO2. The number of para-hydroxylation sites is 1. The van der Waals surface area contributed by atoms with Gasteiger partial charge in [0.15, 0.2) is 5.78 Å². The van der Waals surface area contributed by atoms with E-state index in [1.165, 1.54) is 18.3 Å². The number of aromatic hydroxyl groups is 1. The van der Waals surface area contributed by atoms with E-state index in [2.05, 4.69) is 0 Å². The maximum absolute atomic E-state index is 13.7. The number of carbonyl (C=O) groups is 1. The molecule has 3 heteroatoms. The van der Waals surface area contributed by atoms with Gasteiger partial charge in [-0.05, 0) is 23.2 Å². The molecule has 0 saturated heterocycles. The lowest BCUT2D eigenvalue weighted by molar-refractivity contribution is 0.104. The number of hydrogen-bond acceptors (Lipinski definition) is 2. The number of rotatable bonds is 6. The van der Waals surface area contributed by atoms with E-state index in [1.807, 2.05) is 18.2 Å². The molecule has 27 heavy (non-hydrogen) atoms. The second-order valence-electron chi connectivity index (χ2n) is 6.13. The molecule has 0 aliphatic carbocycles. The highest BCUT2D eigenvalue weighted by molar-refractivity contribution is 6.21. The van der Waals surface area contributed by atoms with Gasteiger partial charge in [0.1, 0.15) is 5.75 Å². The van der Waals surface area contributed by atoms with Gasteiger partial charge in [-0.25, -0.2) is 0 Å². The van der Waals surface area contributed by atoms with Crippen LogP contribution in [0.3, 0.4) is 0 Å². The van der Waals surface area contributed by atoms with Crippen molar-refractivity contribution in [1.82, 2.24) is 4.57 Å². The smallest absolute Gasteiger partial charge is 0.195 e. The third kappa shape index (κ3) is 3.10. The Kier molecular flexibility index (Phi) is 2.63. The van der Waals surface area contributed by atoms with Crippen LogP contribution in [0.15, 0.2) is 66.9 Å². The minimum absolute atomic E-state index is 0.0511. The first-order valence-corrected chi connectivity index (χ1v) is 8.43. The van der Waals surface area contributed by atoms with E-state index in [0.29, 0.717) is 16.3 Å². The Morgan fingerprint density at radius 2 is 1.78 bits per heavy atom. The summed E-state index contributed by atoms with van der Waals surface area (Å²) in [5.74, 6) is -0.692. The summed E-state index contributed by atoms with van der Waals surface area (Å²) in [7, 11) is 0. The molecule has 0 amide bonds. The molecule has 3 aromatic carbocycles. The molecule has 136 valence electrons. The fraction of sp³-hybridized carbons (Fsp3) is 0.208. The van der Waals surface area contributed by atoms with Crippen molar-refractivity contribution < 1.29 is 22.2 Å². The molecule has 0 radical (unpaired) electrons. The standard InChI is InChI=1S/C24H23NO2/c1-2-3-6-15-25-16-21(19-12-8-14-22(26)23(19)25)24(27)20-13-7-10-17-9-4-5-11-18(17)20/h4-5,7-14,16,26H,2-3,6,15H2,1H3/i1D3,2D2,3D2,6D2. The van der Waals surface area contributed by atoms with Crippen molar-refractivity contribution in [2.45, 2.75) is 32.5 Å². The molecule has 0 spiro atoms. The van der Waals surface area contributed by atoms with Gasteiger partial charge in [-0.2, -0.15) is 0 Å². The van der Waals surface area contributed by atoms with Crippen molar-refractivity contribution in [1.29, 1.82) is 0 Å². The first-order chi connectivity index (χ1) is 16.6. The largest absolute Gasteiger partial charge is 0.506 e. The monoisotopic (exact) mass is 366 g/mol. The van der Waals surface area contributed by atoms with Gasteiger partial charge in [-0.15, -0.1) is 0 Å². The molecule has 0 aliphatic heterocycles. The second kappa shape index (κ2) is 7.28. The predicted molar refractivity (Wildman–Crippen MR) is 111 cm³/mol. The van der Waals surface area contributed by atoms with Crippen molar-refractivity contribution in [3.63, 3.8) is 0 Å². The number of carbonyl (C=O) groups excluding carboxylic acids is 1. The molecule has 1 N–H and O–H groups in total. The Labute approximate surface area is 171 Å². The fourth-order valence-electron chi connectivity index (χ4n) is 3.38. The lowest BCUT2D eigenvalue weighted by atomic mass is 9.97. The number of aromatic nitrogens is 1. The molecule has 4 rings (SSSR count). The summed E-state index contributed by atoms with van der Waals surface area (Å²) >= 11 is 0. The number of hydrogen-bond donors (Lipinski definition) is 1. The van der Waals surface area contributed by atoms with Crippen LogP contribution < -0.4 is 0 Å². The van der Waals surface area contributed by atoms with Crippen LogP contribution in [0.4, 0.5) is 0 Å². The van der Waals surface area contributed by atoms with Crippen molar-refractivity contribution in [3.05, 3.63) is 78.0 Å². The molecule has 0 aliphatic rings. The van der Waals surface area contributed by atoms with Crippen LogP contribution in [0.5, 0.6) is 5.75 Å². The zero-order chi connectivity index (χ0) is 26.7. The average molecular weight is 367 g/mol. The van der Waals surface area contributed by atoms with Crippen LogP contribution in [0, 0.1) is 0 Å². The van der Waals surface area contributed by atoms with Gasteiger partial charge in [0.2, 0.25) is 0 Å². The molecule has 0 fully saturated rings. The van der Waals surface area contributed by atoms with Gasteiger partial charge >= 0.3 is 0 Å². The van der Waals surface area contributed by atoms with Crippen molar-refractivity contribution >= 4 is 27.5 Å². The zero-order valence-corrected chi connectivity index (χ0v) is 14.4. The van der Waals surface area contributed by atoms with E-state index in [-0.39, 0.29) is 16.8 Å². The molecule has 4 aromatic rings. The molecule has 1 aromatic heterocycles. The Bertz CT molecular complexity index is 1470. The summed E-state index contributed by atoms with van der Waals surface area (Å²) in [5, 5.41) is 12.4.